The molecule has 202 valence electrons. The number of hydrogen-bond acceptors (Lipinski definition) is 5. The summed E-state index contributed by atoms with van der Waals surface area (Å²) in [7, 11) is 0. The van der Waals surface area contributed by atoms with Crippen molar-refractivity contribution in [3.05, 3.63) is 83.6 Å². The van der Waals surface area contributed by atoms with Crippen molar-refractivity contribution in [3.63, 3.8) is 0 Å². The molecule has 8 heteroatoms. The zero-order chi connectivity index (χ0) is 27.5. The molecule has 0 unspecified atom stereocenters. The van der Waals surface area contributed by atoms with E-state index in [0.29, 0.717) is 36.8 Å². The maximum atomic E-state index is 13.4. The van der Waals surface area contributed by atoms with E-state index in [-0.39, 0.29) is 18.3 Å². The van der Waals surface area contributed by atoms with Gasteiger partial charge >= 0.3 is 6.09 Å². The molecule has 0 bridgehead atoms. The van der Waals surface area contributed by atoms with Gasteiger partial charge in [0.1, 0.15) is 6.61 Å². The Labute approximate surface area is 228 Å². The number of carbonyl (C=O) groups excluding carboxylic acids is 2. The van der Waals surface area contributed by atoms with Gasteiger partial charge in [0.05, 0.1) is 11.2 Å². The molecule has 39 heavy (non-hydrogen) atoms. The monoisotopic (exact) mass is 527 g/mol. The van der Waals surface area contributed by atoms with Crippen molar-refractivity contribution in [2.75, 3.05) is 25.0 Å². The van der Waals surface area contributed by atoms with Crippen LogP contribution in [0, 0.1) is 13.8 Å². The number of benzene rings is 3. The second-order valence-corrected chi connectivity index (χ2v) is 9.70. The maximum Gasteiger partial charge on any atom is 0.415 e. The summed E-state index contributed by atoms with van der Waals surface area (Å²) < 4.78 is 19.6. The summed E-state index contributed by atoms with van der Waals surface area (Å²) in [5.74, 6) is 0.990. The lowest BCUT2D eigenvalue weighted by molar-refractivity contribution is -0.125. The first kappa shape index (κ1) is 26.2. The quantitative estimate of drug-likeness (QED) is 0.322. The van der Waals surface area contributed by atoms with Crippen molar-refractivity contribution in [1.82, 2.24) is 9.47 Å². The Bertz CT molecular complexity index is 1500. The van der Waals surface area contributed by atoms with E-state index in [0.717, 1.165) is 10.9 Å². The van der Waals surface area contributed by atoms with Crippen molar-refractivity contribution in [2.45, 2.75) is 40.3 Å². The first-order chi connectivity index (χ1) is 18.9. The molecule has 1 aliphatic heterocycles. The number of rotatable bonds is 7. The van der Waals surface area contributed by atoms with Gasteiger partial charge in [0.2, 0.25) is 6.10 Å². The second kappa shape index (κ2) is 11.1. The minimum absolute atomic E-state index is 0.0705. The van der Waals surface area contributed by atoms with Gasteiger partial charge in [-0.3, -0.25) is 4.79 Å². The fraction of sp³-hybridized carbons (Fsp3) is 0.290. The molecule has 2 heterocycles. The third-order valence-corrected chi connectivity index (χ3v) is 6.82. The molecule has 1 aromatic heterocycles. The number of hydrogen-bond donors (Lipinski definition) is 1. The number of aromatic nitrogens is 1. The summed E-state index contributed by atoms with van der Waals surface area (Å²) in [4.78, 5) is 27.8. The standard InChI is InChI=1S/C31H33N3O5/c1-5-33(6-2)31(36)39-27-12-11-24-23(13-14-34(24)18-22-16-20(3)15-21(4)17-22)29(27)32-30(35)28-19-37-25-9-7-8-10-26(25)38-28/h7-17,28H,5-6,18-19H2,1-4H3,(H,32,35)/t28-/m0/s1. The Kier molecular flexibility index (Phi) is 7.45. The van der Waals surface area contributed by atoms with E-state index in [1.54, 1.807) is 23.1 Å². The first-order valence-corrected chi connectivity index (χ1v) is 13.2. The van der Waals surface area contributed by atoms with E-state index in [4.69, 9.17) is 14.2 Å². The van der Waals surface area contributed by atoms with E-state index < -0.39 is 12.2 Å². The van der Waals surface area contributed by atoms with E-state index in [9.17, 15) is 9.59 Å². The van der Waals surface area contributed by atoms with Gasteiger partial charge in [0, 0.05) is 31.2 Å². The second-order valence-electron chi connectivity index (χ2n) is 9.70. The fourth-order valence-electron chi connectivity index (χ4n) is 4.95. The summed E-state index contributed by atoms with van der Waals surface area (Å²) in [6, 6.07) is 19.3. The molecule has 8 nitrogen and oxygen atoms in total. The maximum absolute atomic E-state index is 13.4. The molecule has 1 N–H and O–H groups in total. The molecule has 0 fully saturated rings. The van der Waals surface area contributed by atoms with Gasteiger partial charge in [-0.15, -0.1) is 0 Å². The first-order valence-electron chi connectivity index (χ1n) is 13.2. The largest absolute Gasteiger partial charge is 0.485 e. The van der Waals surface area contributed by atoms with Gasteiger partial charge in [-0.05, 0) is 63.6 Å². The average molecular weight is 528 g/mol. The molecule has 1 aliphatic rings. The normalized spacial score (nSPS) is 14.2. The molecule has 3 aromatic carbocycles. The number of nitrogens with zero attached hydrogens (tertiary/aromatic N) is 2. The number of ether oxygens (including phenoxy) is 3. The number of amides is 2. The lowest BCUT2D eigenvalue weighted by atomic mass is 10.1. The van der Waals surface area contributed by atoms with Crippen LogP contribution in [-0.2, 0) is 11.3 Å². The van der Waals surface area contributed by atoms with Crippen molar-refractivity contribution < 1.29 is 23.8 Å². The molecular formula is C31H33N3O5. The molecule has 1 atom stereocenters. The van der Waals surface area contributed by atoms with E-state index in [1.807, 2.05) is 44.3 Å². The van der Waals surface area contributed by atoms with Crippen LogP contribution in [0.4, 0.5) is 10.5 Å². The van der Waals surface area contributed by atoms with Crippen LogP contribution in [0.1, 0.15) is 30.5 Å². The van der Waals surface area contributed by atoms with Crippen LogP contribution in [-0.4, -0.2) is 47.3 Å². The summed E-state index contributed by atoms with van der Waals surface area (Å²) >= 11 is 0. The molecule has 0 aliphatic carbocycles. The number of carbonyl (C=O) groups is 2. The lowest BCUT2D eigenvalue weighted by Crippen LogP contribution is -2.40. The Hall–Kier alpha value is -4.46. The van der Waals surface area contributed by atoms with Crippen LogP contribution in [0.25, 0.3) is 10.9 Å². The van der Waals surface area contributed by atoms with Crippen LogP contribution in [0.15, 0.2) is 66.9 Å². The summed E-state index contributed by atoms with van der Waals surface area (Å²) in [6.07, 6.45) is 0.638. The minimum atomic E-state index is -0.862. The van der Waals surface area contributed by atoms with E-state index >= 15 is 0 Å². The Balaban J connectivity index is 1.48. The number of anilines is 1. The van der Waals surface area contributed by atoms with Crippen molar-refractivity contribution in [3.8, 4) is 17.2 Å². The molecule has 0 saturated heterocycles. The van der Waals surface area contributed by atoms with Crippen molar-refractivity contribution >= 4 is 28.6 Å². The topological polar surface area (TPSA) is 82.0 Å². The fourth-order valence-corrected chi connectivity index (χ4v) is 4.95. The molecule has 5 rings (SSSR count). The van der Waals surface area contributed by atoms with Crippen LogP contribution in [0.2, 0.25) is 0 Å². The number of nitrogens with one attached hydrogen (secondary N) is 1. The third-order valence-electron chi connectivity index (χ3n) is 6.82. The Morgan fingerprint density at radius 2 is 1.72 bits per heavy atom. The van der Waals surface area contributed by atoms with Crippen LogP contribution < -0.4 is 19.5 Å². The van der Waals surface area contributed by atoms with Gasteiger partial charge in [-0.25, -0.2) is 4.79 Å². The minimum Gasteiger partial charge on any atom is -0.485 e. The van der Waals surface area contributed by atoms with Crippen LogP contribution >= 0.6 is 0 Å². The SMILES string of the molecule is CCN(CC)C(=O)Oc1ccc2c(ccn2Cc2cc(C)cc(C)c2)c1NC(=O)[C@@H]1COc2ccccc2O1. The van der Waals surface area contributed by atoms with Gasteiger partial charge < -0.3 is 29.0 Å². The van der Waals surface area contributed by atoms with E-state index in [1.165, 1.54) is 16.7 Å². The highest BCUT2D eigenvalue weighted by Gasteiger charge is 2.29. The Morgan fingerprint density at radius 3 is 2.44 bits per heavy atom. The molecular weight excluding hydrogens is 494 g/mol. The van der Waals surface area contributed by atoms with Gasteiger partial charge in [-0.1, -0.05) is 41.5 Å². The smallest absolute Gasteiger partial charge is 0.415 e. The highest BCUT2D eigenvalue weighted by atomic mass is 16.6. The molecule has 0 saturated carbocycles. The van der Waals surface area contributed by atoms with Gasteiger partial charge in [0.15, 0.2) is 17.2 Å². The van der Waals surface area contributed by atoms with Gasteiger partial charge in [0.25, 0.3) is 5.91 Å². The predicted molar refractivity (Wildman–Crippen MR) is 151 cm³/mol. The average Bonchev–Trinajstić information content (AvgIpc) is 3.32. The Morgan fingerprint density at radius 1 is 1.00 bits per heavy atom. The summed E-state index contributed by atoms with van der Waals surface area (Å²) in [6.45, 7) is 9.71. The summed E-state index contributed by atoms with van der Waals surface area (Å²) in [5, 5.41) is 3.74. The number of aryl methyl sites for hydroxylation is 2. The molecule has 2 amide bonds. The zero-order valence-corrected chi connectivity index (χ0v) is 22.7. The number of fused-ring (bicyclic) bond motifs is 2. The number of para-hydroxylation sites is 2. The van der Waals surface area contributed by atoms with Crippen LogP contribution in [0.3, 0.4) is 0 Å². The van der Waals surface area contributed by atoms with Crippen molar-refractivity contribution in [1.29, 1.82) is 0 Å². The predicted octanol–water partition coefficient (Wildman–Crippen LogP) is 5.93. The highest BCUT2D eigenvalue weighted by molar-refractivity contribution is 6.06. The van der Waals surface area contributed by atoms with E-state index in [2.05, 4.69) is 41.9 Å². The third kappa shape index (κ3) is 5.55. The summed E-state index contributed by atoms with van der Waals surface area (Å²) in [5.41, 5.74) is 4.91. The van der Waals surface area contributed by atoms with Gasteiger partial charge in [-0.2, -0.15) is 0 Å². The molecule has 0 radical (unpaired) electrons. The molecule has 0 spiro atoms. The van der Waals surface area contributed by atoms with Crippen LogP contribution in [0.5, 0.6) is 17.2 Å². The highest BCUT2D eigenvalue weighted by Crippen LogP contribution is 2.36. The lowest BCUT2D eigenvalue weighted by Gasteiger charge is -2.26. The zero-order valence-electron chi connectivity index (χ0n) is 22.7. The van der Waals surface area contributed by atoms with Crippen molar-refractivity contribution in [2.24, 2.45) is 0 Å². The molecule has 4 aromatic rings.